The number of anilines is 2. The third-order valence-electron chi connectivity index (χ3n) is 2.85. The van der Waals surface area contributed by atoms with E-state index in [1.807, 2.05) is 6.92 Å². The molecule has 2 N–H and O–H groups in total. The zero-order valence-corrected chi connectivity index (χ0v) is 10.7. The van der Waals surface area contributed by atoms with Crippen molar-refractivity contribution in [3.8, 4) is 5.75 Å². The lowest BCUT2D eigenvalue weighted by Gasteiger charge is -2.33. The van der Waals surface area contributed by atoms with Crippen molar-refractivity contribution in [3.63, 3.8) is 0 Å². The van der Waals surface area contributed by atoms with Crippen LogP contribution in [-0.4, -0.2) is 31.8 Å². The number of nitrogen functional groups attached to an aromatic ring is 1. The Labute approximate surface area is 106 Å². The average molecular weight is 250 g/mol. The van der Waals surface area contributed by atoms with Gasteiger partial charge in [-0.25, -0.2) is 0 Å². The molecule has 0 aliphatic carbocycles. The minimum Gasteiger partial charge on any atom is -0.479 e. The largest absolute Gasteiger partial charge is 0.479 e. The highest BCUT2D eigenvalue weighted by Crippen LogP contribution is 2.35. The van der Waals surface area contributed by atoms with Gasteiger partial charge in [-0.3, -0.25) is 4.79 Å². The first kappa shape index (κ1) is 12.7. The van der Waals surface area contributed by atoms with Gasteiger partial charge in [-0.1, -0.05) is 0 Å². The van der Waals surface area contributed by atoms with Crippen LogP contribution in [-0.2, 0) is 9.53 Å². The molecule has 5 heteroatoms. The third-order valence-corrected chi connectivity index (χ3v) is 2.85. The molecule has 1 amide bonds. The van der Waals surface area contributed by atoms with Crippen molar-refractivity contribution < 1.29 is 14.3 Å². The minimum atomic E-state index is -0.470. The van der Waals surface area contributed by atoms with E-state index in [2.05, 4.69) is 0 Å². The van der Waals surface area contributed by atoms with Gasteiger partial charge in [0.1, 0.15) is 5.75 Å². The van der Waals surface area contributed by atoms with Crippen molar-refractivity contribution in [2.75, 3.05) is 30.4 Å². The normalized spacial score (nSPS) is 18.4. The Balaban J connectivity index is 2.26. The zero-order valence-electron chi connectivity index (χ0n) is 10.7. The van der Waals surface area contributed by atoms with E-state index >= 15 is 0 Å². The summed E-state index contributed by atoms with van der Waals surface area (Å²) in [6.07, 6.45) is -0.470. The molecule has 2 rings (SSSR count). The Morgan fingerprint density at radius 3 is 3.00 bits per heavy atom. The van der Waals surface area contributed by atoms with E-state index in [1.54, 1.807) is 30.0 Å². The SMILES string of the molecule is CCOCCN1C(=O)C(C)Oc2ccc(N)cc21. The first-order valence-electron chi connectivity index (χ1n) is 6.08. The summed E-state index contributed by atoms with van der Waals surface area (Å²) in [6, 6.07) is 5.31. The fraction of sp³-hybridized carbons (Fsp3) is 0.462. The molecule has 0 bridgehead atoms. The Hall–Kier alpha value is -1.75. The van der Waals surface area contributed by atoms with Gasteiger partial charge in [-0.15, -0.1) is 0 Å². The number of hydrogen-bond acceptors (Lipinski definition) is 4. The molecule has 0 saturated carbocycles. The van der Waals surface area contributed by atoms with E-state index in [4.69, 9.17) is 15.2 Å². The van der Waals surface area contributed by atoms with Crippen LogP contribution in [0.1, 0.15) is 13.8 Å². The third kappa shape index (κ3) is 2.41. The summed E-state index contributed by atoms with van der Waals surface area (Å²) in [6.45, 7) is 5.32. The number of ether oxygens (including phenoxy) is 2. The summed E-state index contributed by atoms with van der Waals surface area (Å²) in [5.74, 6) is 0.626. The summed E-state index contributed by atoms with van der Waals surface area (Å²) in [4.78, 5) is 13.8. The minimum absolute atomic E-state index is 0.0622. The second-order valence-corrected chi connectivity index (χ2v) is 4.17. The van der Waals surface area contributed by atoms with Gasteiger partial charge in [0.2, 0.25) is 0 Å². The van der Waals surface area contributed by atoms with Gasteiger partial charge in [0.05, 0.1) is 12.3 Å². The highest BCUT2D eigenvalue weighted by Gasteiger charge is 2.31. The first-order valence-corrected chi connectivity index (χ1v) is 6.08. The number of nitrogens with two attached hydrogens (primary N) is 1. The van der Waals surface area contributed by atoms with Crippen LogP contribution in [0.4, 0.5) is 11.4 Å². The van der Waals surface area contributed by atoms with Crippen molar-refractivity contribution in [1.29, 1.82) is 0 Å². The lowest BCUT2D eigenvalue weighted by atomic mass is 10.1. The number of benzene rings is 1. The maximum atomic E-state index is 12.1. The number of carbonyl (C=O) groups excluding carboxylic acids is 1. The fourth-order valence-corrected chi connectivity index (χ4v) is 1.95. The first-order chi connectivity index (χ1) is 8.63. The number of rotatable bonds is 4. The Bertz CT molecular complexity index is 448. The molecule has 0 saturated heterocycles. The van der Waals surface area contributed by atoms with E-state index in [1.165, 1.54) is 0 Å². The van der Waals surface area contributed by atoms with Gasteiger partial charge in [-0.2, -0.15) is 0 Å². The predicted molar refractivity (Wildman–Crippen MR) is 69.8 cm³/mol. The van der Waals surface area contributed by atoms with Crippen LogP contribution < -0.4 is 15.4 Å². The highest BCUT2D eigenvalue weighted by molar-refractivity contribution is 6.00. The standard InChI is InChI=1S/C13H18N2O3/c1-3-17-7-6-15-11-8-10(14)4-5-12(11)18-9(2)13(15)16/h4-5,8-9H,3,6-7,14H2,1-2H3. The average Bonchev–Trinajstić information content (AvgIpc) is 2.35. The summed E-state index contributed by atoms with van der Waals surface area (Å²) in [5.41, 5.74) is 7.09. The Morgan fingerprint density at radius 1 is 1.50 bits per heavy atom. The molecule has 98 valence electrons. The van der Waals surface area contributed by atoms with Gasteiger partial charge in [0.15, 0.2) is 6.10 Å². The Morgan fingerprint density at radius 2 is 2.28 bits per heavy atom. The van der Waals surface area contributed by atoms with Crippen molar-refractivity contribution in [3.05, 3.63) is 18.2 Å². The summed E-state index contributed by atoms with van der Waals surface area (Å²) in [7, 11) is 0. The zero-order chi connectivity index (χ0) is 13.1. The summed E-state index contributed by atoms with van der Waals surface area (Å²) >= 11 is 0. The molecule has 5 nitrogen and oxygen atoms in total. The summed E-state index contributed by atoms with van der Waals surface area (Å²) in [5, 5.41) is 0. The molecule has 1 atom stereocenters. The van der Waals surface area contributed by atoms with Crippen LogP contribution >= 0.6 is 0 Å². The van der Waals surface area contributed by atoms with E-state index in [9.17, 15) is 4.79 Å². The maximum Gasteiger partial charge on any atom is 0.267 e. The predicted octanol–water partition coefficient (Wildman–Crippen LogP) is 1.42. The van der Waals surface area contributed by atoms with Crippen molar-refractivity contribution in [2.24, 2.45) is 0 Å². The number of hydrogen-bond donors (Lipinski definition) is 1. The van der Waals surface area contributed by atoms with Crippen LogP contribution in [0.5, 0.6) is 5.75 Å². The molecule has 1 aliphatic rings. The molecule has 0 spiro atoms. The van der Waals surface area contributed by atoms with Crippen molar-refractivity contribution in [2.45, 2.75) is 20.0 Å². The van der Waals surface area contributed by atoms with Gasteiger partial charge in [-0.05, 0) is 32.0 Å². The molecule has 0 aromatic heterocycles. The second-order valence-electron chi connectivity index (χ2n) is 4.17. The van der Waals surface area contributed by atoms with E-state index in [0.717, 1.165) is 5.69 Å². The van der Waals surface area contributed by atoms with Crippen molar-refractivity contribution >= 4 is 17.3 Å². The smallest absolute Gasteiger partial charge is 0.267 e. The van der Waals surface area contributed by atoms with Crippen LogP contribution in [0.3, 0.4) is 0 Å². The molecular weight excluding hydrogens is 232 g/mol. The molecule has 1 aliphatic heterocycles. The molecule has 1 aromatic carbocycles. The lowest BCUT2D eigenvalue weighted by Crippen LogP contribution is -2.45. The van der Waals surface area contributed by atoms with Gasteiger partial charge < -0.3 is 20.1 Å². The van der Waals surface area contributed by atoms with Crippen LogP contribution in [0.25, 0.3) is 0 Å². The van der Waals surface area contributed by atoms with Crippen molar-refractivity contribution in [1.82, 2.24) is 0 Å². The van der Waals surface area contributed by atoms with Crippen LogP contribution in [0.15, 0.2) is 18.2 Å². The topological polar surface area (TPSA) is 64.8 Å². The van der Waals surface area contributed by atoms with Crippen LogP contribution in [0.2, 0.25) is 0 Å². The maximum absolute atomic E-state index is 12.1. The molecule has 1 aromatic rings. The van der Waals surface area contributed by atoms with E-state index < -0.39 is 6.10 Å². The Kier molecular flexibility index (Phi) is 3.72. The number of amides is 1. The number of carbonyl (C=O) groups is 1. The molecule has 0 fully saturated rings. The highest BCUT2D eigenvalue weighted by atomic mass is 16.5. The summed E-state index contributed by atoms with van der Waals surface area (Å²) < 4.78 is 10.8. The molecule has 0 radical (unpaired) electrons. The fourth-order valence-electron chi connectivity index (χ4n) is 1.95. The monoisotopic (exact) mass is 250 g/mol. The lowest BCUT2D eigenvalue weighted by molar-refractivity contribution is -0.125. The number of nitrogens with zero attached hydrogens (tertiary/aromatic N) is 1. The molecule has 1 heterocycles. The molecular formula is C13H18N2O3. The van der Waals surface area contributed by atoms with E-state index in [0.29, 0.717) is 31.2 Å². The molecule has 18 heavy (non-hydrogen) atoms. The van der Waals surface area contributed by atoms with Gasteiger partial charge in [0, 0.05) is 18.8 Å². The van der Waals surface area contributed by atoms with Gasteiger partial charge >= 0.3 is 0 Å². The number of fused-ring (bicyclic) bond motifs is 1. The quantitative estimate of drug-likeness (QED) is 0.648. The molecule has 1 unspecified atom stereocenters. The second kappa shape index (κ2) is 5.27. The van der Waals surface area contributed by atoms with Gasteiger partial charge in [0.25, 0.3) is 5.91 Å². The van der Waals surface area contributed by atoms with Crippen LogP contribution in [0, 0.1) is 0 Å². The van der Waals surface area contributed by atoms with E-state index in [-0.39, 0.29) is 5.91 Å².